The molecule has 0 aromatic carbocycles. The smallest absolute Gasteiger partial charge is 0.177 e. The first kappa shape index (κ1) is 10.3. The summed E-state index contributed by atoms with van der Waals surface area (Å²) in [6.07, 6.45) is 4.35. The monoisotopic (exact) mass is 183 g/mol. The number of nitrogens with one attached hydrogen (secondary N) is 1. The Hall–Kier alpha value is -0.750. The van der Waals surface area contributed by atoms with E-state index in [1.165, 1.54) is 13.0 Å². The Kier molecular flexibility index (Phi) is 3.16. The highest BCUT2D eigenvalue weighted by atomic mass is 15.2. The van der Waals surface area contributed by atoms with Gasteiger partial charge in [0.25, 0.3) is 0 Å². The van der Waals surface area contributed by atoms with Gasteiger partial charge in [0.15, 0.2) is 6.19 Å². The lowest BCUT2D eigenvalue weighted by molar-refractivity contribution is 0.116. The van der Waals surface area contributed by atoms with Crippen LogP contribution in [-0.2, 0) is 0 Å². The predicted molar refractivity (Wildman–Crippen MR) is 55.2 cm³/mol. The van der Waals surface area contributed by atoms with E-state index in [0.717, 1.165) is 13.0 Å². The first-order valence-electron chi connectivity index (χ1n) is 4.98. The molecule has 0 amide bonds. The Morgan fingerprint density at radius 3 is 2.85 bits per heavy atom. The molecule has 0 saturated carbocycles. The molecule has 1 atom stereocenters. The first-order valence-corrected chi connectivity index (χ1v) is 4.98. The lowest BCUT2D eigenvalue weighted by atomic mass is 9.90. The van der Waals surface area contributed by atoms with Crippen molar-refractivity contribution in [1.82, 2.24) is 10.2 Å². The summed E-state index contributed by atoms with van der Waals surface area (Å²) >= 11 is 0. The van der Waals surface area contributed by atoms with Crippen LogP contribution in [0, 0.1) is 11.5 Å². The Labute approximate surface area is 82.2 Å². The molecule has 0 aromatic heterocycles. The molecule has 13 heavy (non-hydrogen) atoms. The molecule has 1 heterocycles. The second kappa shape index (κ2) is 3.97. The number of rotatable bonds is 2. The topological polar surface area (TPSA) is 39.1 Å². The fraction of sp³-hybridized carbons (Fsp3) is 0.900. The summed E-state index contributed by atoms with van der Waals surface area (Å²) in [6.45, 7) is 8.69. The van der Waals surface area contributed by atoms with Crippen molar-refractivity contribution >= 4 is 0 Å². The Balaban J connectivity index is 0.00000169. The molecule has 1 aliphatic rings. The van der Waals surface area contributed by atoms with Gasteiger partial charge in [-0.05, 0) is 40.2 Å². The highest BCUT2D eigenvalue weighted by Crippen LogP contribution is 2.21. The number of piperidine rings is 1. The van der Waals surface area contributed by atoms with Gasteiger partial charge in [0.1, 0.15) is 0 Å². The number of nitriles is 1. The van der Waals surface area contributed by atoms with Gasteiger partial charge in [-0.2, -0.15) is 5.26 Å². The van der Waals surface area contributed by atoms with Gasteiger partial charge in [-0.1, -0.05) is 0 Å². The molecule has 0 radical (unpaired) electrons. The lowest BCUT2D eigenvalue weighted by Crippen LogP contribution is -2.55. The highest BCUT2D eigenvalue weighted by Gasteiger charge is 2.31. The van der Waals surface area contributed by atoms with Gasteiger partial charge in [0.05, 0.1) is 5.54 Å². The van der Waals surface area contributed by atoms with Crippen LogP contribution in [0.2, 0.25) is 0 Å². The van der Waals surface area contributed by atoms with E-state index in [4.69, 9.17) is 5.26 Å². The second-order valence-corrected chi connectivity index (χ2v) is 4.47. The Morgan fingerprint density at radius 1 is 1.62 bits per heavy atom. The van der Waals surface area contributed by atoms with Gasteiger partial charge in [0, 0.05) is 14.0 Å². The van der Waals surface area contributed by atoms with Crippen molar-refractivity contribution in [2.24, 2.45) is 0 Å². The number of likely N-dealkylation sites (tertiary alicyclic amines) is 1. The van der Waals surface area contributed by atoms with E-state index in [9.17, 15) is 0 Å². The lowest BCUT2D eigenvalue weighted by Gasteiger charge is -2.41. The van der Waals surface area contributed by atoms with Crippen LogP contribution in [0.5, 0.6) is 0 Å². The Morgan fingerprint density at radius 2 is 2.31 bits per heavy atom. The third-order valence-electron chi connectivity index (χ3n) is 2.81. The molecule has 76 valence electrons. The van der Waals surface area contributed by atoms with Crippen LogP contribution >= 0.6 is 0 Å². The van der Waals surface area contributed by atoms with Crippen LogP contribution in [0.3, 0.4) is 0 Å². The van der Waals surface area contributed by atoms with E-state index in [-0.39, 0.29) is 6.97 Å². The van der Waals surface area contributed by atoms with Crippen molar-refractivity contribution in [3.8, 4) is 6.19 Å². The third-order valence-corrected chi connectivity index (χ3v) is 2.81. The molecule has 0 aromatic rings. The molecule has 1 rings (SSSR count). The molecular formula is C10H21N3. The summed E-state index contributed by atoms with van der Waals surface area (Å²) in [5.74, 6) is 0. The summed E-state index contributed by atoms with van der Waals surface area (Å²) in [6, 6.07) is 0.583. The van der Waals surface area contributed by atoms with E-state index in [1.807, 2.05) is 0 Å². The van der Waals surface area contributed by atoms with E-state index in [1.54, 1.807) is 0 Å². The molecule has 1 aliphatic heterocycles. The summed E-state index contributed by atoms with van der Waals surface area (Å²) in [7, 11) is 0. The van der Waals surface area contributed by atoms with Crippen molar-refractivity contribution in [2.45, 2.75) is 45.2 Å². The van der Waals surface area contributed by atoms with Crippen molar-refractivity contribution in [3.63, 3.8) is 0 Å². The maximum absolute atomic E-state index is 8.63. The summed E-state index contributed by atoms with van der Waals surface area (Å²) in [4.78, 5) is 2.42. The molecule has 1 saturated heterocycles. The highest BCUT2D eigenvalue weighted by molar-refractivity contribution is 4.95. The normalized spacial score (nSPS) is 30.1. The molecule has 0 spiro atoms. The SMILES string of the molecule is CC(C)N1CCCC(C)(NC#N)C1.[HH]. The van der Waals surface area contributed by atoms with Crippen LogP contribution < -0.4 is 5.32 Å². The minimum Gasteiger partial charge on any atom is -0.317 e. The zero-order valence-corrected chi connectivity index (χ0v) is 8.80. The van der Waals surface area contributed by atoms with E-state index in [2.05, 4.69) is 37.2 Å². The van der Waals surface area contributed by atoms with E-state index < -0.39 is 0 Å². The van der Waals surface area contributed by atoms with Crippen LogP contribution in [0.25, 0.3) is 0 Å². The van der Waals surface area contributed by atoms with Crippen LogP contribution in [0.15, 0.2) is 0 Å². The number of hydrogen-bond acceptors (Lipinski definition) is 3. The molecule has 3 heteroatoms. The molecular weight excluding hydrogens is 162 g/mol. The minimum atomic E-state index is -0.00271. The first-order chi connectivity index (χ1) is 6.07. The van der Waals surface area contributed by atoms with E-state index >= 15 is 0 Å². The van der Waals surface area contributed by atoms with Gasteiger partial charge in [-0.25, -0.2) is 0 Å². The summed E-state index contributed by atoms with van der Waals surface area (Å²) in [5.41, 5.74) is -0.00271. The van der Waals surface area contributed by atoms with Gasteiger partial charge in [-0.3, -0.25) is 4.90 Å². The fourth-order valence-electron chi connectivity index (χ4n) is 1.96. The van der Waals surface area contributed by atoms with Crippen molar-refractivity contribution in [3.05, 3.63) is 0 Å². The third kappa shape index (κ3) is 2.60. The molecule has 3 nitrogen and oxygen atoms in total. The molecule has 0 bridgehead atoms. The zero-order chi connectivity index (χ0) is 9.90. The maximum atomic E-state index is 8.63. The summed E-state index contributed by atoms with van der Waals surface area (Å²) in [5, 5.41) is 11.5. The van der Waals surface area contributed by atoms with Crippen LogP contribution in [-0.4, -0.2) is 29.6 Å². The maximum Gasteiger partial charge on any atom is 0.177 e. The number of hydrogen-bond donors (Lipinski definition) is 1. The van der Waals surface area contributed by atoms with Gasteiger partial charge < -0.3 is 5.32 Å². The molecule has 1 unspecified atom stereocenters. The quantitative estimate of drug-likeness (QED) is 0.521. The van der Waals surface area contributed by atoms with Crippen molar-refractivity contribution in [2.75, 3.05) is 13.1 Å². The van der Waals surface area contributed by atoms with Crippen LogP contribution in [0.1, 0.15) is 35.0 Å². The van der Waals surface area contributed by atoms with E-state index in [0.29, 0.717) is 6.04 Å². The Bertz CT molecular complexity index is 212. The van der Waals surface area contributed by atoms with Gasteiger partial charge >= 0.3 is 0 Å². The predicted octanol–water partition coefficient (Wildman–Crippen LogP) is 1.57. The van der Waals surface area contributed by atoms with Crippen LogP contribution in [0.4, 0.5) is 0 Å². The average molecular weight is 183 g/mol. The second-order valence-electron chi connectivity index (χ2n) is 4.47. The summed E-state index contributed by atoms with van der Waals surface area (Å²) < 4.78 is 0. The standard InChI is InChI=1S/C10H19N3.H2/c1-9(2)13-6-4-5-10(3,7-13)12-8-11;/h9,12H,4-7H2,1-3H3;1H. The van der Waals surface area contributed by atoms with Crippen molar-refractivity contribution in [1.29, 1.82) is 5.26 Å². The largest absolute Gasteiger partial charge is 0.317 e. The van der Waals surface area contributed by atoms with Crippen molar-refractivity contribution < 1.29 is 1.43 Å². The fourth-order valence-corrected chi connectivity index (χ4v) is 1.96. The zero-order valence-electron chi connectivity index (χ0n) is 8.80. The van der Waals surface area contributed by atoms with Gasteiger partial charge in [0.2, 0.25) is 0 Å². The molecule has 1 N–H and O–H groups in total. The van der Waals surface area contributed by atoms with Gasteiger partial charge in [-0.15, -0.1) is 0 Å². The average Bonchev–Trinajstić information content (AvgIpc) is 2.04. The minimum absolute atomic E-state index is 0. The molecule has 1 fully saturated rings. The molecule has 0 aliphatic carbocycles. The number of nitrogens with zero attached hydrogens (tertiary/aromatic N) is 2.